The quantitative estimate of drug-likeness (QED) is 0.187. The van der Waals surface area contributed by atoms with Crippen molar-refractivity contribution in [2.75, 3.05) is 0 Å². The first kappa shape index (κ1) is 27.5. The van der Waals surface area contributed by atoms with E-state index in [0.29, 0.717) is 5.82 Å². The number of benzene rings is 5. The van der Waals surface area contributed by atoms with Gasteiger partial charge >= 0.3 is 0 Å². The van der Waals surface area contributed by atoms with Crippen LogP contribution in [-0.2, 0) is 0 Å². The lowest BCUT2D eigenvalue weighted by molar-refractivity contribution is 1.18. The molecule has 0 aliphatic rings. The summed E-state index contributed by atoms with van der Waals surface area (Å²) < 4.78 is 0. The SMILES string of the molecule is Cc1ccc2ccc3c(C)cc(-c4cccc(-c5cc(-c6ccccc6)nc(-c6ccc(-c7ccccc7)cc6)n5)c4)nc3c2n1. The third-order valence-electron chi connectivity index (χ3n) is 8.49. The second-order valence-corrected chi connectivity index (χ2v) is 11.7. The summed E-state index contributed by atoms with van der Waals surface area (Å²) in [6.07, 6.45) is 0. The number of hydrogen-bond acceptors (Lipinski definition) is 4. The maximum atomic E-state index is 5.18. The van der Waals surface area contributed by atoms with Gasteiger partial charge in [0.05, 0.1) is 28.1 Å². The number of hydrogen-bond donors (Lipinski definition) is 0. The van der Waals surface area contributed by atoms with E-state index in [2.05, 4.69) is 122 Å². The minimum Gasteiger partial charge on any atom is -0.251 e. The third kappa shape index (κ3) is 5.20. The number of aryl methyl sites for hydroxylation is 2. The van der Waals surface area contributed by atoms with Crippen LogP contribution in [0.25, 0.3) is 78.1 Å². The summed E-state index contributed by atoms with van der Waals surface area (Å²) in [5.41, 5.74) is 13.1. The van der Waals surface area contributed by atoms with E-state index in [-0.39, 0.29) is 0 Å². The zero-order valence-corrected chi connectivity index (χ0v) is 25.6. The summed E-state index contributed by atoms with van der Waals surface area (Å²) in [5, 5.41) is 2.21. The molecule has 0 saturated carbocycles. The Kier molecular flexibility index (Phi) is 6.88. The zero-order chi connectivity index (χ0) is 31.0. The first-order valence-electron chi connectivity index (χ1n) is 15.5. The van der Waals surface area contributed by atoms with E-state index < -0.39 is 0 Å². The normalized spacial score (nSPS) is 11.3. The minimum absolute atomic E-state index is 0.689. The molecular weight excluding hydrogens is 560 g/mol. The molecule has 0 spiro atoms. The number of rotatable bonds is 5. The Bertz CT molecular complexity index is 2360. The van der Waals surface area contributed by atoms with Crippen molar-refractivity contribution < 1.29 is 0 Å². The highest BCUT2D eigenvalue weighted by atomic mass is 14.9. The fraction of sp³-hybridized carbons (Fsp3) is 0.0476. The highest BCUT2D eigenvalue weighted by molar-refractivity contribution is 6.04. The molecule has 4 heteroatoms. The van der Waals surface area contributed by atoms with Crippen LogP contribution in [0.4, 0.5) is 0 Å². The molecule has 4 nitrogen and oxygen atoms in total. The van der Waals surface area contributed by atoms with Gasteiger partial charge in [-0.3, -0.25) is 4.98 Å². The third-order valence-corrected chi connectivity index (χ3v) is 8.49. The molecule has 0 bridgehead atoms. The number of pyridine rings is 2. The smallest absolute Gasteiger partial charge is 0.160 e. The molecule has 0 amide bonds. The van der Waals surface area contributed by atoms with Gasteiger partial charge in [-0.1, -0.05) is 121 Å². The molecule has 0 aliphatic heterocycles. The second kappa shape index (κ2) is 11.5. The van der Waals surface area contributed by atoms with Gasteiger partial charge in [0.25, 0.3) is 0 Å². The van der Waals surface area contributed by atoms with Crippen molar-refractivity contribution in [2.45, 2.75) is 13.8 Å². The van der Waals surface area contributed by atoms with Crippen LogP contribution in [0.5, 0.6) is 0 Å². The van der Waals surface area contributed by atoms with Crippen molar-refractivity contribution in [3.8, 4) is 56.3 Å². The van der Waals surface area contributed by atoms with Gasteiger partial charge in [-0.05, 0) is 54.8 Å². The largest absolute Gasteiger partial charge is 0.251 e. The molecule has 3 aromatic heterocycles. The standard InChI is InChI=1S/C42H30N4/c1-27-24-37(44-41-36(27)23-22-32-17-16-28(2)43-40(32)41)34-14-9-15-35(25-34)39-26-38(31-12-7-4-8-13-31)45-42(46-39)33-20-18-30(19-21-33)29-10-5-3-6-11-29/h3-26H,1-2H3. The Balaban J connectivity index is 1.24. The zero-order valence-electron chi connectivity index (χ0n) is 25.6. The Morgan fingerprint density at radius 3 is 1.65 bits per heavy atom. The fourth-order valence-corrected chi connectivity index (χ4v) is 6.05. The molecule has 8 aromatic rings. The lowest BCUT2D eigenvalue weighted by Gasteiger charge is -2.12. The van der Waals surface area contributed by atoms with Crippen molar-refractivity contribution in [1.29, 1.82) is 0 Å². The van der Waals surface area contributed by atoms with E-state index in [1.54, 1.807) is 0 Å². The molecule has 0 N–H and O–H groups in total. The summed E-state index contributed by atoms with van der Waals surface area (Å²) in [6.45, 7) is 4.17. The lowest BCUT2D eigenvalue weighted by atomic mass is 10.00. The number of aromatic nitrogens is 4. The molecule has 0 unspecified atom stereocenters. The summed E-state index contributed by atoms with van der Waals surface area (Å²) in [4.78, 5) is 20.2. The molecule has 3 heterocycles. The molecule has 46 heavy (non-hydrogen) atoms. The van der Waals surface area contributed by atoms with E-state index in [1.807, 2.05) is 37.3 Å². The van der Waals surface area contributed by atoms with Crippen molar-refractivity contribution in [1.82, 2.24) is 19.9 Å². The van der Waals surface area contributed by atoms with E-state index in [9.17, 15) is 0 Å². The highest BCUT2D eigenvalue weighted by Crippen LogP contribution is 2.33. The van der Waals surface area contributed by atoms with E-state index in [1.165, 1.54) is 11.1 Å². The Hall–Kier alpha value is -6.00. The molecule has 0 fully saturated rings. The summed E-state index contributed by atoms with van der Waals surface area (Å²) in [5.74, 6) is 0.689. The number of fused-ring (bicyclic) bond motifs is 3. The average molecular weight is 591 g/mol. The van der Waals surface area contributed by atoms with Crippen molar-refractivity contribution in [2.24, 2.45) is 0 Å². The molecule has 218 valence electrons. The van der Waals surface area contributed by atoms with Gasteiger partial charge < -0.3 is 0 Å². The molecule has 0 saturated heterocycles. The van der Waals surface area contributed by atoms with Crippen LogP contribution >= 0.6 is 0 Å². The van der Waals surface area contributed by atoms with Gasteiger partial charge in [-0.25, -0.2) is 15.0 Å². The van der Waals surface area contributed by atoms with Gasteiger partial charge in [-0.15, -0.1) is 0 Å². The minimum atomic E-state index is 0.689. The van der Waals surface area contributed by atoms with Crippen molar-refractivity contribution in [3.63, 3.8) is 0 Å². The predicted molar refractivity (Wildman–Crippen MR) is 189 cm³/mol. The Labute approximate surface area is 268 Å². The first-order valence-corrected chi connectivity index (χ1v) is 15.5. The van der Waals surface area contributed by atoms with E-state index in [4.69, 9.17) is 19.9 Å². The van der Waals surface area contributed by atoms with Crippen LogP contribution in [0.3, 0.4) is 0 Å². The first-order chi connectivity index (χ1) is 22.6. The summed E-state index contributed by atoms with van der Waals surface area (Å²) >= 11 is 0. The molecule has 0 aliphatic carbocycles. The van der Waals surface area contributed by atoms with Gasteiger partial charge in [0.1, 0.15) is 0 Å². The maximum Gasteiger partial charge on any atom is 0.160 e. The summed E-state index contributed by atoms with van der Waals surface area (Å²) in [7, 11) is 0. The van der Waals surface area contributed by atoms with Crippen LogP contribution in [0.2, 0.25) is 0 Å². The Morgan fingerprint density at radius 2 is 0.935 bits per heavy atom. The van der Waals surface area contributed by atoms with Crippen LogP contribution in [-0.4, -0.2) is 19.9 Å². The molecule has 5 aromatic carbocycles. The monoisotopic (exact) mass is 590 g/mol. The molecule has 0 radical (unpaired) electrons. The van der Waals surface area contributed by atoms with E-state index in [0.717, 1.165) is 72.4 Å². The maximum absolute atomic E-state index is 5.18. The van der Waals surface area contributed by atoms with Gasteiger partial charge in [0, 0.05) is 38.7 Å². The average Bonchev–Trinajstić information content (AvgIpc) is 3.12. The lowest BCUT2D eigenvalue weighted by Crippen LogP contribution is -1.96. The second-order valence-electron chi connectivity index (χ2n) is 11.7. The van der Waals surface area contributed by atoms with Crippen molar-refractivity contribution in [3.05, 3.63) is 157 Å². The fourth-order valence-electron chi connectivity index (χ4n) is 6.05. The van der Waals surface area contributed by atoms with E-state index >= 15 is 0 Å². The van der Waals surface area contributed by atoms with Crippen LogP contribution < -0.4 is 0 Å². The molecule has 8 rings (SSSR count). The van der Waals surface area contributed by atoms with Crippen LogP contribution in [0, 0.1) is 13.8 Å². The van der Waals surface area contributed by atoms with Gasteiger partial charge in [0.15, 0.2) is 5.82 Å². The van der Waals surface area contributed by atoms with Crippen molar-refractivity contribution >= 4 is 21.8 Å². The topological polar surface area (TPSA) is 51.6 Å². The number of nitrogens with zero attached hydrogens (tertiary/aromatic N) is 4. The molecule has 0 atom stereocenters. The van der Waals surface area contributed by atoms with Crippen LogP contribution in [0.1, 0.15) is 11.3 Å². The summed E-state index contributed by atoms with van der Waals surface area (Å²) in [6, 6.07) is 50.3. The highest BCUT2D eigenvalue weighted by Gasteiger charge is 2.14. The Morgan fingerprint density at radius 1 is 0.370 bits per heavy atom. The van der Waals surface area contributed by atoms with Gasteiger partial charge in [-0.2, -0.15) is 0 Å². The van der Waals surface area contributed by atoms with Crippen LogP contribution in [0.15, 0.2) is 146 Å². The van der Waals surface area contributed by atoms with Gasteiger partial charge in [0.2, 0.25) is 0 Å². The molecular formula is C42H30N4. The predicted octanol–water partition coefficient (Wildman–Crippen LogP) is 10.5.